The number of aromatic amines is 1. The normalized spacial score (nSPS) is 10.5. The maximum Gasteiger partial charge on any atom is 0.356 e. The van der Waals surface area contributed by atoms with Crippen LogP contribution in [0.25, 0.3) is 11.3 Å². The third-order valence-electron chi connectivity index (χ3n) is 4.42. The van der Waals surface area contributed by atoms with Crippen LogP contribution in [0.4, 0.5) is 0 Å². The number of methoxy groups -OCH3 is 2. The van der Waals surface area contributed by atoms with Crippen LogP contribution in [0, 0.1) is 0 Å². The van der Waals surface area contributed by atoms with Crippen LogP contribution in [-0.2, 0) is 9.47 Å². The molecule has 9 nitrogen and oxygen atoms in total. The maximum absolute atomic E-state index is 12.0. The third-order valence-corrected chi connectivity index (χ3v) is 5.38. The number of nitrogens with zero attached hydrogens (tertiary/aromatic N) is 2. The summed E-state index contributed by atoms with van der Waals surface area (Å²) in [6.07, 6.45) is 1.50. The van der Waals surface area contributed by atoms with Crippen LogP contribution >= 0.6 is 11.8 Å². The zero-order chi connectivity index (χ0) is 23.6. The van der Waals surface area contributed by atoms with Gasteiger partial charge in [-0.1, -0.05) is 42.1 Å². The summed E-state index contributed by atoms with van der Waals surface area (Å²) in [5, 5.41) is 0.557. The first-order valence-corrected chi connectivity index (χ1v) is 11.1. The molecule has 0 aliphatic heterocycles. The Kier molecular flexibility index (Phi) is 8.59. The summed E-state index contributed by atoms with van der Waals surface area (Å²) in [4.78, 5) is 46.8. The van der Waals surface area contributed by atoms with Gasteiger partial charge in [0, 0.05) is 29.5 Å². The van der Waals surface area contributed by atoms with E-state index in [-0.39, 0.29) is 16.9 Å². The van der Waals surface area contributed by atoms with Crippen LogP contribution < -0.4 is 10.3 Å². The number of hydrogen-bond donors (Lipinski definition) is 1. The summed E-state index contributed by atoms with van der Waals surface area (Å²) >= 11 is 1.45. The zero-order valence-electron chi connectivity index (χ0n) is 18.2. The number of nitrogens with one attached hydrogen (secondary N) is 1. The van der Waals surface area contributed by atoms with Crippen molar-refractivity contribution in [3.8, 4) is 17.0 Å². The number of esters is 2. The first-order chi connectivity index (χ1) is 16.0. The van der Waals surface area contributed by atoms with Crippen LogP contribution in [0.15, 0.2) is 58.5 Å². The molecule has 0 fully saturated rings. The molecule has 3 rings (SSSR count). The second-order valence-electron chi connectivity index (χ2n) is 6.76. The smallest absolute Gasteiger partial charge is 0.356 e. The Morgan fingerprint density at radius 1 is 0.939 bits per heavy atom. The van der Waals surface area contributed by atoms with Crippen molar-refractivity contribution in [3.05, 3.63) is 70.3 Å². The quantitative estimate of drug-likeness (QED) is 0.206. The van der Waals surface area contributed by atoms with Crippen LogP contribution in [0.1, 0.15) is 33.8 Å². The minimum Gasteiger partial charge on any atom is -0.493 e. The van der Waals surface area contributed by atoms with Gasteiger partial charge in [0.05, 0.1) is 26.5 Å². The molecule has 0 spiro atoms. The van der Waals surface area contributed by atoms with Crippen LogP contribution in [0.2, 0.25) is 0 Å². The molecule has 3 aromatic rings. The van der Waals surface area contributed by atoms with Gasteiger partial charge in [0.2, 0.25) is 0 Å². The first kappa shape index (κ1) is 24.0. The molecule has 0 atom stereocenters. The second-order valence-corrected chi connectivity index (χ2v) is 7.85. The average Bonchev–Trinajstić information content (AvgIpc) is 2.85. The molecule has 0 radical (unpaired) electrons. The molecule has 0 unspecified atom stereocenters. The fourth-order valence-electron chi connectivity index (χ4n) is 2.83. The van der Waals surface area contributed by atoms with Crippen molar-refractivity contribution in [2.45, 2.75) is 18.0 Å². The van der Waals surface area contributed by atoms with Gasteiger partial charge in [-0.2, -0.15) is 0 Å². The van der Waals surface area contributed by atoms with E-state index in [0.717, 1.165) is 17.7 Å². The molecule has 33 heavy (non-hydrogen) atoms. The lowest BCUT2D eigenvalue weighted by Gasteiger charge is -2.09. The Hall–Kier alpha value is -3.66. The topological polar surface area (TPSA) is 120 Å². The first-order valence-electron chi connectivity index (χ1n) is 10.1. The van der Waals surface area contributed by atoms with Crippen molar-refractivity contribution in [2.24, 2.45) is 0 Å². The van der Waals surface area contributed by atoms with Gasteiger partial charge in [0.1, 0.15) is 5.75 Å². The highest BCUT2D eigenvalue weighted by Crippen LogP contribution is 2.20. The number of ether oxygens (including phenoxy) is 3. The molecule has 1 N–H and O–H groups in total. The molecule has 2 heterocycles. The molecule has 0 aliphatic rings. The van der Waals surface area contributed by atoms with Crippen LogP contribution in [0.5, 0.6) is 5.75 Å². The van der Waals surface area contributed by atoms with Crippen molar-refractivity contribution in [1.29, 1.82) is 0 Å². The Bertz CT molecular complexity index is 1130. The summed E-state index contributed by atoms with van der Waals surface area (Å²) in [5.41, 5.74) is 1.23. The average molecular weight is 470 g/mol. The van der Waals surface area contributed by atoms with Gasteiger partial charge in [-0.15, -0.1) is 0 Å². The SMILES string of the molecule is COC(=O)c1cc(OCCCCSc2nc(-c3ccccc3)cc(=O)[nH]2)cc(C(=O)OC)n1. The molecule has 2 aromatic heterocycles. The molecule has 0 amide bonds. The van der Waals surface area contributed by atoms with Crippen LogP contribution in [0.3, 0.4) is 0 Å². The van der Waals surface area contributed by atoms with Gasteiger partial charge < -0.3 is 19.2 Å². The summed E-state index contributed by atoms with van der Waals surface area (Å²) in [7, 11) is 2.45. The maximum atomic E-state index is 12.0. The van der Waals surface area contributed by atoms with Gasteiger partial charge in [-0.3, -0.25) is 4.79 Å². The monoisotopic (exact) mass is 469 g/mol. The van der Waals surface area contributed by atoms with Gasteiger partial charge in [0.25, 0.3) is 5.56 Å². The predicted molar refractivity (Wildman–Crippen MR) is 123 cm³/mol. The molecular formula is C23H23N3O6S. The fourth-order valence-corrected chi connectivity index (χ4v) is 3.71. The molecule has 172 valence electrons. The van der Waals surface area contributed by atoms with Crippen molar-refractivity contribution in [3.63, 3.8) is 0 Å². The van der Waals surface area contributed by atoms with E-state index in [1.807, 2.05) is 30.3 Å². The van der Waals surface area contributed by atoms with Gasteiger partial charge in [-0.05, 0) is 12.8 Å². The number of carbonyl (C=O) groups is 2. The highest BCUT2D eigenvalue weighted by molar-refractivity contribution is 7.99. The summed E-state index contributed by atoms with van der Waals surface area (Å²) in [6, 6.07) is 13.8. The largest absolute Gasteiger partial charge is 0.493 e. The fraction of sp³-hybridized carbons (Fsp3) is 0.261. The van der Waals surface area contributed by atoms with Gasteiger partial charge in [-0.25, -0.2) is 19.6 Å². The van der Waals surface area contributed by atoms with E-state index in [1.54, 1.807) is 0 Å². The summed E-state index contributed by atoms with van der Waals surface area (Å²) < 4.78 is 15.0. The number of hydrogen-bond acceptors (Lipinski definition) is 9. The molecule has 0 saturated carbocycles. The highest BCUT2D eigenvalue weighted by Gasteiger charge is 2.16. The van der Waals surface area contributed by atoms with Gasteiger partial charge >= 0.3 is 11.9 Å². The second kappa shape index (κ2) is 11.8. The number of aromatic nitrogens is 3. The van der Waals surface area contributed by atoms with Crippen molar-refractivity contribution >= 4 is 23.7 Å². The molecule has 0 aliphatic carbocycles. The standard InChI is InChI=1S/C23H23N3O6S/c1-30-21(28)18-12-16(13-19(24-18)22(29)31-2)32-10-6-7-11-33-23-25-17(14-20(27)26-23)15-8-4-3-5-9-15/h3-5,8-9,12-14H,6-7,10-11H2,1-2H3,(H,25,26,27). The number of unbranched alkanes of at least 4 members (excludes halogenated alkanes) is 1. The highest BCUT2D eigenvalue weighted by atomic mass is 32.2. The molecular weight excluding hydrogens is 446 g/mol. The summed E-state index contributed by atoms with van der Waals surface area (Å²) in [6.45, 7) is 0.361. The minimum absolute atomic E-state index is 0.0423. The lowest BCUT2D eigenvalue weighted by atomic mass is 10.1. The van der Waals surface area contributed by atoms with Crippen LogP contribution in [-0.4, -0.2) is 53.5 Å². The molecule has 0 saturated heterocycles. The number of rotatable bonds is 10. The van der Waals surface area contributed by atoms with E-state index in [1.165, 1.54) is 44.2 Å². The minimum atomic E-state index is -0.679. The third kappa shape index (κ3) is 6.91. The van der Waals surface area contributed by atoms with E-state index < -0.39 is 11.9 Å². The van der Waals surface area contributed by atoms with Crippen molar-refractivity contribution in [1.82, 2.24) is 15.0 Å². The van der Waals surface area contributed by atoms with Gasteiger partial charge in [0.15, 0.2) is 16.5 Å². The van der Waals surface area contributed by atoms with Crippen molar-refractivity contribution < 1.29 is 23.8 Å². The van der Waals surface area contributed by atoms with E-state index in [4.69, 9.17) is 4.74 Å². The Morgan fingerprint density at radius 3 is 2.24 bits per heavy atom. The molecule has 10 heteroatoms. The lowest BCUT2D eigenvalue weighted by molar-refractivity contribution is 0.0584. The predicted octanol–water partition coefficient (Wildman–Crippen LogP) is 3.36. The lowest BCUT2D eigenvalue weighted by Crippen LogP contribution is -2.12. The van der Waals surface area contributed by atoms with Crippen molar-refractivity contribution in [2.75, 3.05) is 26.6 Å². The number of H-pyrrole nitrogens is 1. The summed E-state index contributed by atoms with van der Waals surface area (Å²) in [5.74, 6) is -0.315. The zero-order valence-corrected chi connectivity index (χ0v) is 19.0. The molecule has 0 bridgehead atoms. The molecule has 1 aromatic carbocycles. The number of pyridine rings is 1. The van der Waals surface area contributed by atoms with E-state index in [0.29, 0.717) is 29.6 Å². The Balaban J connectivity index is 1.52. The number of thioether (sulfide) groups is 1. The van der Waals surface area contributed by atoms with E-state index in [9.17, 15) is 14.4 Å². The van der Waals surface area contributed by atoms with E-state index in [2.05, 4.69) is 24.4 Å². The number of benzene rings is 1. The Labute approximate surface area is 194 Å². The van der Waals surface area contributed by atoms with E-state index >= 15 is 0 Å². The Morgan fingerprint density at radius 2 is 1.61 bits per heavy atom. The number of carbonyl (C=O) groups excluding carboxylic acids is 2.